The largest absolute Gasteiger partial charge is 0.491 e. The quantitative estimate of drug-likeness (QED) is 0.449. The van der Waals surface area contributed by atoms with Crippen molar-refractivity contribution >= 4 is 11.6 Å². The van der Waals surface area contributed by atoms with E-state index in [-0.39, 0.29) is 36.0 Å². The summed E-state index contributed by atoms with van der Waals surface area (Å²) >= 11 is 0. The van der Waals surface area contributed by atoms with Gasteiger partial charge in [-0.05, 0) is 48.9 Å². The summed E-state index contributed by atoms with van der Waals surface area (Å²) in [6.45, 7) is 2.16. The lowest BCUT2D eigenvalue weighted by Crippen LogP contribution is -2.15. The highest BCUT2D eigenvalue weighted by Crippen LogP contribution is 2.35. The Morgan fingerprint density at radius 1 is 1.16 bits per heavy atom. The lowest BCUT2D eigenvalue weighted by atomic mass is 10.1. The van der Waals surface area contributed by atoms with Crippen LogP contribution in [0.1, 0.15) is 31.2 Å². The van der Waals surface area contributed by atoms with Crippen LogP contribution >= 0.6 is 0 Å². The van der Waals surface area contributed by atoms with Crippen LogP contribution in [-0.4, -0.2) is 17.5 Å². The van der Waals surface area contributed by atoms with Crippen molar-refractivity contribution in [3.05, 3.63) is 65.9 Å². The number of anilines is 1. The highest BCUT2D eigenvalue weighted by molar-refractivity contribution is 5.92. The first-order valence-corrected chi connectivity index (χ1v) is 9.61. The van der Waals surface area contributed by atoms with Crippen LogP contribution in [0.25, 0.3) is 11.3 Å². The average Bonchev–Trinajstić information content (AvgIpc) is 3.20. The smallest absolute Gasteiger partial charge is 0.416 e. The number of halogens is 4. The van der Waals surface area contributed by atoms with Gasteiger partial charge in [0, 0.05) is 18.4 Å². The predicted molar refractivity (Wildman–Crippen MR) is 106 cm³/mol. The number of alkyl halides is 3. The van der Waals surface area contributed by atoms with E-state index in [1.807, 2.05) is 6.92 Å². The summed E-state index contributed by atoms with van der Waals surface area (Å²) in [5.41, 5.74) is -0.303. The summed E-state index contributed by atoms with van der Waals surface area (Å²) in [7, 11) is 0. The number of nitrogens with zero attached hydrogens (tertiary/aromatic N) is 1. The molecule has 0 spiro atoms. The van der Waals surface area contributed by atoms with Crippen molar-refractivity contribution in [2.75, 3.05) is 11.9 Å². The van der Waals surface area contributed by atoms with Gasteiger partial charge in [-0.2, -0.15) is 13.2 Å². The SMILES string of the molecule is CCCOc1ccc(C(F)(F)F)cc1NC(=O)CCc1ncc(-c2ccc(F)cc2)o1. The van der Waals surface area contributed by atoms with Gasteiger partial charge < -0.3 is 14.5 Å². The fourth-order valence-electron chi connectivity index (χ4n) is 2.75. The molecule has 0 saturated heterocycles. The number of amides is 1. The molecule has 0 saturated carbocycles. The molecule has 0 aliphatic heterocycles. The number of oxazole rings is 1. The van der Waals surface area contributed by atoms with E-state index in [1.165, 1.54) is 36.5 Å². The van der Waals surface area contributed by atoms with Crippen molar-refractivity contribution in [2.45, 2.75) is 32.4 Å². The molecule has 0 aliphatic carbocycles. The molecule has 1 amide bonds. The van der Waals surface area contributed by atoms with E-state index in [2.05, 4.69) is 10.3 Å². The minimum absolute atomic E-state index is 0.0484. The zero-order valence-electron chi connectivity index (χ0n) is 16.6. The summed E-state index contributed by atoms with van der Waals surface area (Å²) in [5.74, 6) is -0.0262. The highest BCUT2D eigenvalue weighted by atomic mass is 19.4. The topological polar surface area (TPSA) is 64.4 Å². The molecule has 1 heterocycles. The van der Waals surface area contributed by atoms with Gasteiger partial charge in [-0.15, -0.1) is 0 Å². The Bertz CT molecular complexity index is 1030. The van der Waals surface area contributed by atoms with Crippen molar-refractivity contribution in [3.63, 3.8) is 0 Å². The molecular formula is C22H20F4N2O3. The second-order valence-electron chi connectivity index (χ2n) is 6.73. The van der Waals surface area contributed by atoms with Gasteiger partial charge in [0.1, 0.15) is 11.6 Å². The van der Waals surface area contributed by atoms with E-state index in [0.29, 0.717) is 24.4 Å². The van der Waals surface area contributed by atoms with Crippen molar-refractivity contribution < 1.29 is 31.5 Å². The average molecular weight is 436 g/mol. The molecule has 0 atom stereocenters. The fraction of sp³-hybridized carbons (Fsp3) is 0.273. The van der Waals surface area contributed by atoms with Crippen LogP contribution in [0.4, 0.5) is 23.2 Å². The van der Waals surface area contributed by atoms with E-state index >= 15 is 0 Å². The third-order valence-electron chi connectivity index (χ3n) is 4.29. The first kappa shape index (κ1) is 22.3. The molecular weight excluding hydrogens is 416 g/mol. The second kappa shape index (κ2) is 9.63. The van der Waals surface area contributed by atoms with Crippen LogP contribution < -0.4 is 10.1 Å². The molecule has 9 heteroatoms. The summed E-state index contributed by atoms with van der Waals surface area (Å²) in [6.07, 6.45) is -2.35. The Morgan fingerprint density at radius 2 is 1.90 bits per heavy atom. The first-order chi connectivity index (χ1) is 14.8. The molecule has 0 radical (unpaired) electrons. The van der Waals surface area contributed by atoms with Gasteiger partial charge in [0.2, 0.25) is 5.91 Å². The predicted octanol–water partition coefficient (Wildman–Crippen LogP) is 5.86. The van der Waals surface area contributed by atoms with Crippen molar-refractivity contribution in [1.29, 1.82) is 0 Å². The molecule has 0 fully saturated rings. The van der Waals surface area contributed by atoms with Crippen LogP contribution in [0.15, 0.2) is 53.1 Å². The zero-order chi connectivity index (χ0) is 22.4. The molecule has 0 bridgehead atoms. The lowest BCUT2D eigenvalue weighted by Gasteiger charge is -2.15. The van der Waals surface area contributed by atoms with Crippen molar-refractivity contribution in [2.24, 2.45) is 0 Å². The Balaban J connectivity index is 1.65. The minimum atomic E-state index is -4.54. The first-order valence-electron chi connectivity index (χ1n) is 9.61. The van der Waals surface area contributed by atoms with E-state index in [1.54, 1.807) is 0 Å². The maximum Gasteiger partial charge on any atom is 0.416 e. The normalized spacial score (nSPS) is 11.4. The van der Waals surface area contributed by atoms with Gasteiger partial charge in [0.25, 0.3) is 0 Å². The Hall–Kier alpha value is -3.36. The second-order valence-corrected chi connectivity index (χ2v) is 6.73. The highest BCUT2D eigenvalue weighted by Gasteiger charge is 2.31. The molecule has 3 rings (SSSR count). The number of rotatable bonds is 8. The van der Waals surface area contributed by atoms with Gasteiger partial charge in [-0.25, -0.2) is 9.37 Å². The lowest BCUT2D eigenvalue weighted by molar-refractivity contribution is -0.137. The molecule has 2 aromatic carbocycles. The monoisotopic (exact) mass is 436 g/mol. The molecule has 5 nitrogen and oxygen atoms in total. The number of carbonyl (C=O) groups excluding carboxylic acids is 1. The summed E-state index contributed by atoms with van der Waals surface area (Å²) in [6, 6.07) is 8.61. The number of nitrogens with one attached hydrogen (secondary N) is 1. The molecule has 1 aromatic heterocycles. The van der Waals surface area contributed by atoms with Crippen molar-refractivity contribution in [1.82, 2.24) is 4.98 Å². The van der Waals surface area contributed by atoms with Gasteiger partial charge >= 0.3 is 6.18 Å². The number of ether oxygens (including phenoxy) is 1. The van der Waals surface area contributed by atoms with Gasteiger partial charge in [0.05, 0.1) is 24.1 Å². The van der Waals surface area contributed by atoms with Gasteiger partial charge in [-0.3, -0.25) is 4.79 Å². The van der Waals surface area contributed by atoms with E-state index in [4.69, 9.17) is 9.15 Å². The summed E-state index contributed by atoms with van der Waals surface area (Å²) < 4.78 is 63.1. The fourth-order valence-corrected chi connectivity index (χ4v) is 2.75. The standard InChI is InChI=1S/C22H20F4N2O3/c1-2-11-30-18-8-5-15(22(24,25)26)12-17(18)28-20(29)9-10-21-27-13-19(31-21)14-3-6-16(23)7-4-14/h3-8,12-13H,2,9-11H2,1H3,(H,28,29). The van der Waals surface area contributed by atoms with Crippen molar-refractivity contribution in [3.8, 4) is 17.1 Å². The number of aromatic nitrogens is 1. The zero-order valence-corrected chi connectivity index (χ0v) is 16.6. The van der Waals surface area contributed by atoms with E-state index in [9.17, 15) is 22.4 Å². The summed E-state index contributed by atoms with van der Waals surface area (Å²) in [5, 5.41) is 2.47. The number of carbonyl (C=O) groups is 1. The number of aryl methyl sites for hydroxylation is 1. The van der Waals surface area contributed by atoms with E-state index < -0.39 is 17.6 Å². The van der Waals surface area contributed by atoms with E-state index in [0.717, 1.165) is 12.1 Å². The van der Waals surface area contributed by atoms with Crippen LogP contribution in [0, 0.1) is 5.82 Å². The molecule has 164 valence electrons. The Kier molecular flexibility index (Phi) is 6.94. The van der Waals surface area contributed by atoms with Crippen LogP contribution in [0.2, 0.25) is 0 Å². The number of hydrogen-bond acceptors (Lipinski definition) is 4. The maximum absolute atomic E-state index is 13.0. The van der Waals surface area contributed by atoms with Crippen LogP contribution in [0.3, 0.4) is 0 Å². The minimum Gasteiger partial charge on any atom is -0.491 e. The Morgan fingerprint density at radius 3 is 2.58 bits per heavy atom. The third kappa shape index (κ3) is 6.07. The maximum atomic E-state index is 13.0. The van der Waals surface area contributed by atoms with Gasteiger partial charge in [0.15, 0.2) is 11.7 Å². The Labute approximate surface area is 176 Å². The molecule has 1 N–H and O–H groups in total. The molecule has 3 aromatic rings. The summed E-state index contributed by atoms with van der Waals surface area (Å²) in [4.78, 5) is 16.4. The molecule has 0 aliphatic rings. The van der Waals surface area contributed by atoms with Gasteiger partial charge in [-0.1, -0.05) is 6.92 Å². The molecule has 31 heavy (non-hydrogen) atoms. The third-order valence-corrected chi connectivity index (χ3v) is 4.29. The molecule has 0 unspecified atom stereocenters. The van der Waals surface area contributed by atoms with Crippen LogP contribution in [0.5, 0.6) is 5.75 Å². The number of hydrogen-bond donors (Lipinski definition) is 1. The number of benzene rings is 2. The van der Waals surface area contributed by atoms with Crippen LogP contribution in [-0.2, 0) is 17.4 Å².